The smallest absolute Gasteiger partial charge is 0.338 e. The maximum atomic E-state index is 11.4. The zero-order chi connectivity index (χ0) is 12.0. The van der Waals surface area contributed by atoms with Gasteiger partial charge in [-0.25, -0.2) is 4.79 Å². The number of hydrogen-bond acceptors (Lipinski definition) is 4. The van der Waals surface area contributed by atoms with E-state index in [1.807, 2.05) is 6.92 Å². The van der Waals surface area contributed by atoms with Crippen molar-refractivity contribution in [2.24, 2.45) is 0 Å². The van der Waals surface area contributed by atoms with Gasteiger partial charge in [-0.15, -0.1) is 0 Å². The maximum absolute atomic E-state index is 11.4. The Bertz CT molecular complexity index is 382. The van der Waals surface area contributed by atoms with Crippen molar-refractivity contribution in [3.05, 3.63) is 29.8 Å². The molecule has 0 bridgehead atoms. The average Bonchev–Trinajstić information content (AvgIpc) is 2.26. The molecule has 0 aromatic heterocycles. The number of carbonyl (C=O) groups is 1. The maximum Gasteiger partial charge on any atom is 0.338 e. The molecule has 0 aliphatic heterocycles. The molecular weight excluding hydrogens is 253 g/mol. The van der Waals surface area contributed by atoms with E-state index < -0.39 is 17.2 Å². The van der Waals surface area contributed by atoms with Crippen LogP contribution in [-0.4, -0.2) is 50.9 Å². The summed E-state index contributed by atoms with van der Waals surface area (Å²) in [6, 6.07) is 6.01. The Morgan fingerprint density at radius 1 is 1.41 bits per heavy atom. The molecule has 7 heteroatoms. The van der Waals surface area contributed by atoms with Gasteiger partial charge >= 0.3 is 5.97 Å². The summed E-state index contributed by atoms with van der Waals surface area (Å²) in [7, 11) is 0. The van der Waals surface area contributed by atoms with E-state index >= 15 is 0 Å². The molecule has 0 saturated carbocycles. The molecule has 0 amide bonds. The molecule has 89 valence electrons. The topological polar surface area (TPSA) is 78.5 Å². The second kappa shape index (κ2) is 8.66. The summed E-state index contributed by atoms with van der Waals surface area (Å²) < 4.78 is 27.7. The quantitative estimate of drug-likeness (QED) is 0.491. The Morgan fingerprint density at radius 3 is 2.47 bits per heavy atom. The number of hydrogen-bond donors (Lipinski definition) is 1. The van der Waals surface area contributed by atoms with Crippen LogP contribution in [0.25, 0.3) is 0 Å². The van der Waals surface area contributed by atoms with Gasteiger partial charge in [-0.1, -0.05) is 6.92 Å². The first-order valence-electron chi connectivity index (χ1n) is 4.76. The van der Waals surface area contributed by atoms with Crippen LogP contribution in [0.5, 0.6) is 0 Å². The summed E-state index contributed by atoms with van der Waals surface area (Å²) in [6.07, 6.45) is 0.764. The molecule has 1 radical (unpaired) electrons. The third-order valence-electron chi connectivity index (χ3n) is 1.76. The standard InChI is InChI=1S/C10H13NO4S.Na/c1-2-7-15-10(12)8-3-5-9(6-4-8)11-16(13)14;/h3-6,11H,2,7H2,1H3,(H,13,14);/p-1. The van der Waals surface area contributed by atoms with Gasteiger partial charge < -0.3 is 14.0 Å². The van der Waals surface area contributed by atoms with Gasteiger partial charge in [0.1, 0.15) is 0 Å². The summed E-state index contributed by atoms with van der Waals surface area (Å²) in [5.41, 5.74) is 0.802. The second-order valence-corrected chi connectivity index (χ2v) is 3.72. The van der Waals surface area contributed by atoms with Gasteiger partial charge in [-0.3, -0.25) is 4.21 Å². The number of ether oxygens (including phenoxy) is 1. The monoisotopic (exact) mass is 265 g/mol. The van der Waals surface area contributed by atoms with Crippen LogP contribution in [0.4, 0.5) is 5.69 Å². The van der Waals surface area contributed by atoms with E-state index in [1.54, 1.807) is 0 Å². The largest absolute Gasteiger partial charge is 0.755 e. The van der Waals surface area contributed by atoms with E-state index in [-0.39, 0.29) is 29.6 Å². The fraction of sp³-hybridized carbons (Fsp3) is 0.300. The number of nitrogens with one attached hydrogen (secondary N) is 1. The third kappa shape index (κ3) is 6.18. The van der Waals surface area contributed by atoms with Crippen molar-refractivity contribution >= 4 is 52.5 Å². The minimum atomic E-state index is -2.35. The number of esters is 1. The van der Waals surface area contributed by atoms with E-state index in [1.165, 1.54) is 24.3 Å². The fourth-order valence-electron chi connectivity index (χ4n) is 1.05. The van der Waals surface area contributed by atoms with E-state index in [4.69, 9.17) is 4.74 Å². The van der Waals surface area contributed by atoms with Gasteiger partial charge in [-0.05, 0) is 30.7 Å². The minimum Gasteiger partial charge on any atom is -0.755 e. The van der Waals surface area contributed by atoms with Gasteiger partial charge in [0.25, 0.3) is 0 Å². The predicted octanol–water partition coefficient (Wildman–Crippen LogP) is 1.08. The van der Waals surface area contributed by atoms with Crippen LogP contribution in [0.1, 0.15) is 23.7 Å². The van der Waals surface area contributed by atoms with Crippen molar-refractivity contribution in [1.29, 1.82) is 0 Å². The predicted molar refractivity (Wildman–Crippen MR) is 65.3 cm³/mol. The Kier molecular flexibility index (Phi) is 8.45. The van der Waals surface area contributed by atoms with Gasteiger partial charge in [-0.2, -0.15) is 0 Å². The SMILES string of the molecule is CCCOC(=O)c1ccc(NS(=O)[O-])cc1.[Na]. The second-order valence-electron chi connectivity index (χ2n) is 3.05. The average molecular weight is 265 g/mol. The first-order chi connectivity index (χ1) is 7.63. The van der Waals surface area contributed by atoms with Crippen molar-refractivity contribution in [2.45, 2.75) is 13.3 Å². The summed E-state index contributed by atoms with van der Waals surface area (Å²) in [4.78, 5) is 11.4. The van der Waals surface area contributed by atoms with Crippen molar-refractivity contribution in [3.8, 4) is 0 Å². The Labute approximate surface area is 125 Å². The van der Waals surface area contributed by atoms with Crippen LogP contribution in [0.2, 0.25) is 0 Å². The van der Waals surface area contributed by atoms with Crippen LogP contribution in [0, 0.1) is 0 Å². The molecule has 0 fully saturated rings. The molecule has 0 spiro atoms. The molecule has 0 aliphatic rings. The molecule has 0 aliphatic carbocycles. The molecule has 1 aromatic rings. The van der Waals surface area contributed by atoms with E-state index in [9.17, 15) is 13.6 Å². The number of benzene rings is 1. The van der Waals surface area contributed by atoms with Crippen LogP contribution < -0.4 is 4.72 Å². The van der Waals surface area contributed by atoms with Gasteiger partial charge in [0.15, 0.2) is 0 Å². The molecule has 1 unspecified atom stereocenters. The van der Waals surface area contributed by atoms with E-state index in [0.29, 0.717) is 17.9 Å². The molecule has 0 saturated heterocycles. The molecule has 17 heavy (non-hydrogen) atoms. The summed E-state index contributed by atoms with van der Waals surface area (Å²) in [6.45, 7) is 2.28. The summed E-state index contributed by atoms with van der Waals surface area (Å²) >= 11 is -2.35. The molecule has 1 rings (SSSR count). The third-order valence-corrected chi connectivity index (χ3v) is 2.16. The minimum absolute atomic E-state index is 0. The number of anilines is 1. The Hall–Kier alpha value is -0.400. The fourth-order valence-corrected chi connectivity index (χ4v) is 1.38. The molecule has 1 atom stereocenters. The van der Waals surface area contributed by atoms with Crippen LogP contribution in [0.15, 0.2) is 24.3 Å². The zero-order valence-electron chi connectivity index (χ0n) is 9.76. The van der Waals surface area contributed by atoms with Gasteiger partial charge in [0.2, 0.25) is 0 Å². The first-order valence-corrected chi connectivity index (χ1v) is 5.84. The van der Waals surface area contributed by atoms with Crippen molar-refractivity contribution in [2.75, 3.05) is 11.3 Å². The number of rotatable bonds is 5. The van der Waals surface area contributed by atoms with Gasteiger partial charge in [0, 0.05) is 46.5 Å². The van der Waals surface area contributed by atoms with Crippen LogP contribution in [-0.2, 0) is 16.0 Å². The summed E-state index contributed by atoms with van der Waals surface area (Å²) in [5, 5.41) is 0. The van der Waals surface area contributed by atoms with Crippen molar-refractivity contribution < 1.29 is 18.3 Å². The Morgan fingerprint density at radius 2 is 2.00 bits per heavy atom. The van der Waals surface area contributed by atoms with Gasteiger partial charge in [0.05, 0.1) is 12.2 Å². The molecule has 5 nitrogen and oxygen atoms in total. The molecule has 1 aromatic carbocycles. The van der Waals surface area contributed by atoms with Crippen molar-refractivity contribution in [1.82, 2.24) is 0 Å². The molecule has 1 N–H and O–H groups in total. The summed E-state index contributed by atoms with van der Waals surface area (Å²) in [5.74, 6) is -0.406. The van der Waals surface area contributed by atoms with Crippen LogP contribution in [0.3, 0.4) is 0 Å². The van der Waals surface area contributed by atoms with Crippen molar-refractivity contribution in [3.63, 3.8) is 0 Å². The molecule has 0 heterocycles. The van der Waals surface area contributed by atoms with Crippen LogP contribution >= 0.6 is 0 Å². The first kappa shape index (κ1) is 16.6. The zero-order valence-corrected chi connectivity index (χ0v) is 12.6. The van der Waals surface area contributed by atoms with E-state index in [0.717, 1.165) is 6.42 Å². The molecular formula is C10H12NNaO4S-. The number of carbonyl (C=O) groups excluding carboxylic acids is 1. The normalized spacial score (nSPS) is 11.2. The Balaban J connectivity index is 0.00000256. The van der Waals surface area contributed by atoms with E-state index in [2.05, 4.69) is 4.72 Å².